The lowest BCUT2D eigenvalue weighted by Crippen LogP contribution is -2.14. The SMILES string of the molecule is O=C(Nc1nc2ccc(Cl)cc2s1)[C@H]1C[C@@H]1c1ccccc1. The second-order valence-electron chi connectivity index (χ2n) is 5.48. The summed E-state index contributed by atoms with van der Waals surface area (Å²) in [4.78, 5) is 16.8. The van der Waals surface area contributed by atoms with Gasteiger partial charge < -0.3 is 5.32 Å². The Hall–Kier alpha value is -1.91. The molecule has 0 bridgehead atoms. The van der Waals surface area contributed by atoms with Crippen LogP contribution in [0.15, 0.2) is 48.5 Å². The summed E-state index contributed by atoms with van der Waals surface area (Å²) < 4.78 is 0.984. The average molecular weight is 329 g/mol. The number of amides is 1. The quantitative estimate of drug-likeness (QED) is 0.757. The monoisotopic (exact) mass is 328 g/mol. The van der Waals surface area contributed by atoms with E-state index in [4.69, 9.17) is 11.6 Å². The highest BCUT2D eigenvalue weighted by molar-refractivity contribution is 7.22. The van der Waals surface area contributed by atoms with Crippen molar-refractivity contribution in [1.82, 2.24) is 4.98 Å². The van der Waals surface area contributed by atoms with Gasteiger partial charge >= 0.3 is 0 Å². The van der Waals surface area contributed by atoms with Crippen LogP contribution >= 0.6 is 22.9 Å². The van der Waals surface area contributed by atoms with Crippen molar-refractivity contribution in [1.29, 1.82) is 0 Å². The molecular formula is C17H13ClN2OS. The molecule has 3 nitrogen and oxygen atoms in total. The van der Waals surface area contributed by atoms with Crippen molar-refractivity contribution in [2.45, 2.75) is 12.3 Å². The molecule has 1 heterocycles. The maximum atomic E-state index is 12.3. The minimum atomic E-state index is 0.0537. The summed E-state index contributed by atoms with van der Waals surface area (Å²) in [5, 5.41) is 4.26. The molecule has 4 rings (SSSR count). The van der Waals surface area contributed by atoms with Crippen LogP contribution in [0.3, 0.4) is 0 Å². The summed E-state index contributed by atoms with van der Waals surface area (Å²) in [7, 11) is 0. The number of nitrogens with one attached hydrogen (secondary N) is 1. The molecule has 1 aliphatic carbocycles. The molecule has 0 saturated heterocycles. The van der Waals surface area contributed by atoms with Gasteiger partial charge in [0.25, 0.3) is 0 Å². The zero-order valence-electron chi connectivity index (χ0n) is 11.6. The van der Waals surface area contributed by atoms with Gasteiger partial charge in [0.05, 0.1) is 10.2 Å². The van der Waals surface area contributed by atoms with Crippen molar-refractivity contribution in [2.75, 3.05) is 5.32 Å². The van der Waals surface area contributed by atoms with Gasteiger partial charge in [0.2, 0.25) is 5.91 Å². The van der Waals surface area contributed by atoms with Gasteiger partial charge in [0, 0.05) is 10.9 Å². The molecule has 5 heteroatoms. The van der Waals surface area contributed by atoms with Crippen molar-refractivity contribution in [3.8, 4) is 0 Å². The molecule has 1 aliphatic rings. The zero-order valence-corrected chi connectivity index (χ0v) is 13.2. The van der Waals surface area contributed by atoms with Gasteiger partial charge in [-0.15, -0.1) is 0 Å². The molecule has 1 saturated carbocycles. The highest BCUT2D eigenvalue weighted by Crippen LogP contribution is 2.48. The zero-order chi connectivity index (χ0) is 15.1. The number of fused-ring (bicyclic) bond motifs is 1. The fourth-order valence-electron chi connectivity index (χ4n) is 2.70. The number of aromatic nitrogens is 1. The maximum absolute atomic E-state index is 12.3. The summed E-state index contributed by atoms with van der Waals surface area (Å²) in [5.74, 6) is 0.446. The van der Waals surface area contributed by atoms with E-state index in [2.05, 4.69) is 22.4 Å². The molecule has 1 fully saturated rings. The van der Waals surface area contributed by atoms with Crippen molar-refractivity contribution >= 4 is 44.2 Å². The van der Waals surface area contributed by atoms with Gasteiger partial charge in [0.1, 0.15) is 0 Å². The van der Waals surface area contributed by atoms with Crippen LogP contribution < -0.4 is 5.32 Å². The highest BCUT2D eigenvalue weighted by Gasteiger charge is 2.44. The minimum absolute atomic E-state index is 0.0537. The van der Waals surface area contributed by atoms with E-state index in [0.29, 0.717) is 16.1 Å². The smallest absolute Gasteiger partial charge is 0.229 e. The molecule has 0 unspecified atom stereocenters. The Morgan fingerprint density at radius 2 is 2.05 bits per heavy atom. The first-order chi connectivity index (χ1) is 10.7. The predicted molar refractivity (Wildman–Crippen MR) is 90.5 cm³/mol. The number of carbonyl (C=O) groups excluding carboxylic acids is 1. The Bertz CT molecular complexity index is 846. The second-order valence-corrected chi connectivity index (χ2v) is 6.95. The number of benzene rings is 2. The first-order valence-electron chi connectivity index (χ1n) is 7.12. The Kier molecular flexibility index (Phi) is 3.36. The van der Waals surface area contributed by atoms with E-state index in [1.165, 1.54) is 16.9 Å². The third-order valence-corrected chi connectivity index (χ3v) is 5.10. The summed E-state index contributed by atoms with van der Waals surface area (Å²) in [5.41, 5.74) is 2.10. The summed E-state index contributed by atoms with van der Waals surface area (Å²) in [6.07, 6.45) is 0.909. The van der Waals surface area contributed by atoms with Crippen LogP contribution in [0.2, 0.25) is 5.02 Å². The van der Waals surface area contributed by atoms with E-state index in [1.807, 2.05) is 36.4 Å². The fourth-order valence-corrected chi connectivity index (χ4v) is 3.85. The molecule has 22 heavy (non-hydrogen) atoms. The topological polar surface area (TPSA) is 42.0 Å². The lowest BCUT2D eigenvalue weighted by molar-refractivity contribution is -0.117. The van der Waals surface area contributed by atoms with Crippen LogP contribution in [-0.4, -0.2) is 10.9 Å². The van der Waals surface area contributed by atoms with E-state index in [-0.39, 0.29) is 11.8 Å². The molecule has 3 aromatic rings. The first kappa shape index (κ1) is 13.7. The summed E-state index contributed by atoms with van der Waals surface area (Å²) in [6, 6.07) is 15.7. The summed E-state index contributed by atoms with van der Waals surface area (Å²) in [6.45, 7) is 0. The van der Waals surface area contributed by atoms with E-state index in [1.54, 1.807) is 0 Å². The molecule has 1 aromatic heterocycles. The standard InChI is InChI=1S/C17H13ClN2OS/c18-11-6-7-14-15(8-11)22-17(19-14)20-16(21)13-9-12(13)10-4-2-1-3-5-10/h1-8,12-13H,9H2,(H,19,20,21)/t12-,13+/m1/s1. The Balaban J connectivity index is 1.48. The van der Waals surface area contributed by atoms with Crippen LogP contribution in [-0.2, 0) is 4.79 Å². The van der Waals surface area contributed by atoms with Crippen molar-refractivity contribution in [3.63, 3.8) is 0 Å². The minimum Gasteiger partial charge on any atom is -0.302 e. The number of thiazole rings is 1. The molecule has 2 aromatic carbocycles. The molecule has 1 amide bonds. The number of hydrogen-bond donors (Lipinski definition) is 1. The van der Waals surface area contributed by atoms with Crippen molar-refractivity contribution < 1.29 is 4.79 Å². The molecule has 0 aliphatic heterocycles. The van der Waals surface area contributed by atoms with Crippen molar-refractivity contribution in [3.05, 3.63) is 59.1 Å². The molecule has 110 valence electrons. The Labute approximate surface area is 136 Å². The molecular weight excluding hydrogens is 316 g/mol. The maximum Gasteiger partial charge on any atom is 0.229 e. The third-order valence-electron chi connectivity index (χ3n) is 3.94. The normalized spacial score (nSPS) is 20.0. The van der Waals surface area contributed by atoms with Gasteiger partial charge in [-0.2, -0.15) is 0 Å². The third kappa shape index (κ3) is 2.60. The Morgan fingerprint density at radius 3 is 2.86 bits per heavy atom. The average Bonchev–Trinajstić information content (AvgIpc) is 3.23. The molecule has 0 radical (unpaired) electrons. The second kappa shape index (κ2) is 5.38. The number of nitrogens with zero attached hydrogens (tertiary/aromatic N) is 1. The number of anilines is 1. The van der Waals surface area contributed by atoms with Crippen LogP contribution in [0, 0.1) is 5.92 Å². The van der Waals surface area contributed by atoms with Crippen LogP contribution in [0.4, 0.5) is 5.13 Å². The van der Waals surface area contributed by atoms with Crippen LogP contribution in [0.1, 0.15) is 17.9 Å². The van der Waals surface area contributed by atoms with E-state index in [0.717, 1.165) is 16.6 Å². The fraction of sp³-hybridized carbons (Fsp3) is 0.176. The number of halogens is 1. The number of carbonyl (C=O) groups is 1. The molecule has 1 N–H and O–H groups in total. The Morgan fingerprint density at radius 1 is 1.23 bits per heavy atom. The van der Waals surface area contributed by atoms with Crippen molar-refractivity contribution in [2.24, 2.45) is 5.92 Å². The van der Waals surface area contributed by atoms with Gasteiger partial charge in [-0.1, -0.05) is 53.3 Å². The summed E-state index contributed by atoms with van der Waals surface area (Å²) >= 11 is 7.43. The van der Waals surface area contributed by atoms with Crippen LogP contribution in [0.5, 0.6) is 0 Å². The van der Waals surface area contributed by atoms with Crippen LogP contribution in [0.25, 0.3) is 10.2 Å². The van der Waals surface area contributed by atoms with Gasteiger partial charge in [-0.3, -0.25) is 4.79 Å². The largest absolute Gasteiger partial charge is 0.302 e. The molecule has 2 atom stereocenters. The van der Waals surface area contributed by atoms with E-state index in [9.17, 15) is 4.79 Å². The van der Waals surface area contributed by atoms with E-state index >= 15 is 0 Å². The highest BCUT2D eigenvalue weighted by atomic mass is 35.5. The first-order valence-corrected chi connectivity index (χ1v) is 8.32. The van der Waals surface area contributed by atoms with Gasteiger partial charge in [-0.25, -0.2) is 4.98 Å². The van der Waals surface area contributed by atoms with E-state index < -0.39 is 0 Å². The number of hydrogen-bond acceptors (Lipinski definition) is 3. The number of rotatable bonds is 3. The predicted octanol–water partition coefficient (Wildman–Crippen LogP) is 4.69. The molecule has 0 spiro atoms. The lowest BCUT2D eigenvalue weighted by atomic mass is 10.1. The van der Waals surface area contributed by atoms with Gasteiger partial charge in [-0.05, 0) is 36.1 Å². The van der Waals surface area contributed by atoms with Gasteiger partial charge in [0.15, 0.2) is 5.13 Å². The lowest BCUT2D eigenvalue weighted by Gasteiger charge is -2.01.